The molecule has 2 atom stereocenters. The molecule has 0 aliphatic carbocycles. The second-order valence-corrected chi connectivity index (χ2v) is 5.20. The van der Waals surface area contributed by atoms with Crippen LogP contribution in [0.25, 0.3) is 0 Å². The average Bonchev–Trinajstić information content (AvgIpc) is 2.55. The Labute approximate surface area is 147 Å². The molecule has 0 radical (unpaired) electrons. The Bertz CT molecular complexity index is 565. The molecule has 1 saturated heterocycles. The van der Waals surface area contributed by atoms with E-state index in [-0.39, 0.29) is 36.5 Å². The van der Waals surface area contributed by atoms with Crippen LogP contribution in [0.3, 0.4) is 0 Å². The van der Waals surface area contributed by atoms with Gasteiger partial charge in [-0.3, -0.25) is 4.79 Å². The molecule has 24 heavy (non-hydrogen) atoms. The van der Waals surface area contributed by atoms with Crippen molar-refractivity contribution in [3.05, 3.63) is 36.9 Å². The zero-order chi connectivity index (χ0) is 16.7. The van der Waals surface area contributed by atoms with Gasteiger partial charge in [0.25, 0.3) is 0 Å². The minimum absolute atomic E-state index is 0. The molecule has 1 aromatic carbocycles. The number of urea groups is 1. The fourth-order valence-corrected chi connectivity index (χ4v) is 2.22. The number of hydrogen-bond acceptors (Lipinski definition) is 4. The van der Waals surface area contributed by atoms with Gasteiger partial charge in [-0.25, -0.2) is 4.79 Å². The lowest BCUT2D eigenvalue weighted by Crippen LogP contribution is -2.53. The summed E-state index contributed by atoms with van der Waals surface area (Å²) in [5.41, 5.74) is 1.30. The number of amides is 3. The summed E-state index contributed by atoms with van der Waals surface area (Å²) in [5.74, 6) is -0.137. The van der Waals surface area contributed by atoms with Gasteiger partial charge in [-0.2, -0.15) is 0 Å². The van der Waals surface area contributed by atoms with Gasteiger partial charge in [0, 0.05) is 24.5 Å². The number of morpholine rings is 1. The summed E-state index contributed by atoms with van der Waals surface area (Å²) in [7, 11) is 0. The topological polar surface area (TPSA) is 91.5 Å². The Morgan fingerprint density at radius 3 is 2.50 bits per heavy atom. The number of benzene rings is 1. The highest BCUT2D eigenvalue weighted by molar-refractivity contribution is 5.96. The summed E-state index contributed by atoms with van der Waals surface area (Å²) in [4.78, 5) is 23.7. The van der Waals surface area contributed by atoms with E-state index in [1.807, 2.05) is 6.92 Å². The molecule has 132 valence electrons. The monoisotopic (exact) mass is 354 g/mol. The third-order valence-corrected chi connectivity index (χ3v) is 3.42. The minimum atomic E-state index is -0.369. The molecule has 1 fully saturated rings. The molecule has 8 heteroatoms. The van der Waals surface area contributed by atoms with Crippen molar-refractivity contribution in [3.8, 4) is 0 Å². The summed E-state index contributed by atoms with van der Waals surface area (Å²) in [6, 6.07) is 6.23. The second kappa shape index (κ2) is 9.92. The number of anilines is 2. The van der Waals surface area contributed by atoms with E-state index in [0.717, 1.165) is 0 Å². The molecule has 7 nitrogen and oxygen atoms in total. The van der Waals surface area contributed by atoms with Crippen molar-refractivity contribution in [2.45, 2.75) is 19.1 Å². The largest absolute Gasteiger partial charge is 0.375 e. The highest BCUT2D eigenvalue weighted by Crippen LogP contribution is 2.15. The Balaban J connectivity index is 0.00000288. The first kappa shape index (κ1) is 20.0. The Morgan fingerprint density at radius 1 is 1.29 bits per heavy atom. The molecule has 3 amide bonds. The number of nitrogens with one attached hydrogen (secondary N) is 4. The van der Waals surface area contributed by atoms with Crippen LogP contribution in [0.15, 0.2) is 36.9 Å². The molecule has 1 heterocycles. The quantitative estimate of drug-likeness (QED) is 0.606. The molecular formula is C16H23ClN4O3. The van der Waals surface area contributed by atoms with Crippen molar-refractivity contribution in [1.82, 2.24) is 10.6 Å². The molecular weight excluding hydrogens is 332 g/mol. The lowest BCUT2D eigenvalue weighted by molar-refractivity contribution is -0.123. The predicted molar refractivity (Wildman–Crippen MR) is 96.7 cm³/mol. The normalized spacial score (nSPS) is 19.5. The van der Waals surface area contributed by atoms with Crippen molar-refractivity contribution >= 4 is 35.7 Å². The lowest BCUT2D eigenvalue weighted by atomic mass is 10.1. The molecule has 2 rings (SSSR count). The molecule has 1 aliphatic rings. The van der Waals surface area contributed by atoms with Gasteiger partial charge in [0.15, 0.2) is 0 Å². The van der Waals surface area contributed by atoms with E-state index in [0.29, 0.717) is 31.1 Å². The van der Waals surface area contributed by atoms with E-state index >= 15 is 0 Å². The summed E-state index contributed by atoms with van der Waals surface area (Å²) in [6.45, 7) is 7.06. The maximum Gasteiger partial charge on any atom is 0.319 e. The molecule has 0 spiro atoms. The first-order valence-corrected chi connectivity index (χ1v) is 7.52. The predicted octanol–water partition coefficient (Wildman–Crippen LogP) is 1.73. The zero-order valence-corrected chi connectivity index (χ0v) is 14.3. The third-order valence-electron chi connectivity index (χ3n) is 3.42. The fraction of sp³-hybridized carbons (Fsp3) is 0.375. The van der Waals surface area contributed by atoms with Crippen LogP contribution in [0.1, 0.15) is 6.92 Å². The van der Waals surface area contributed by atoms with Crippen LogP contribution < -0.4 is 21.3 Å². The molecule has 1 aliphatic heterocycles. The zero-order valence-electron chi connectivity index (χ0n) is 13.5. The van der Waals surface area contributed by atoms with Gasteiger partial charge in [0.05, 0.1) is 12.7 Å². The van der Waals surface area contributed by atoms with Gasteiger partial charge < -0.3 is 26.0 Å². The number of carbonyl (C=O) groups is 2. The molecule has 0 bridgehead atoms. The van der Waals surface area contributed by atoms with Gasteiger partial charge in [0.1, 0.15) is 6.04 Å². The maximum atomic E-state index is 12.2. The van der Waals surface area contributed by atoms with Crippen molar-refractivity contribution in [2.24, 2.45) is 0 Å². The van der Waals surface area contributed by atoms with Crippen molar-refractivity contribution < 1.29 is 14.3 Å². The van der Waals surface area contributed by atoms with E-state index in [9.17, 15) is 9.59 Å². The standard InChI is InChI=1S/C16H22N4O3.ClH/c1-3-8-18-16(22)20-13-6-4-12(5-7-13)19-15(21)14-11(2)23-10-9-17-14;/h3-7,11,14,17H,1,8-10H2,2H3,(H,19,21)(H2,18,20,22);1H/t11-,14+;/m1./s1. The Kier molecular flexibility index (Phi) is 8.25. The van der Waals surface area contributed by atoms with Crippen molar-refractivity contribution in [1.29, 1.82) is 0 Å². The average molecular weight is 355 g/mol. The molecule has 1 aromatic rings. The minimum Gasteiger partial charge on any atom is -0.375 e. The van der Waals surface area contributed by atoms with Crippen LogP contribution in [-0.2, 0) is 9.53 Å². The number of carbonyl (C=O) groups excluding carboxylic acids is 2. The van der Waals surface area contributed by atoms with Gasteiger partial charge in [-0.1, -0.05) is 6.08 Å². The SMILES string of the molecule is C=CCNC(=O)Nc1ccc(NC(=O)[C@H]2NCCO[C@@H]2C)cc1.Cl. The first-order valence-electron chi connectivity index (χ1n) is 7.52. The van der Waals surface area contributed by atoms with Gasteiger partial charge >= 0.3 is 6.03 Å². The molecule has 4 N–H and O–H groups in total. The molecule has 0 saturated carbocycles. The summed E-state index contributed by atoms with van der Waals surface area (Å²) >= 11 is 0. The van der Waals surface area contributed by atoms with E-state index in [1.165, 1.54) is 0 Å². The third kappa shape index (κ3) is 5.84. The van der Waals surface area contributed by atoms with E-state index < -0.39 is 0 Å². The fourth-order valence-electron chi connectivity index (χ4n) is 2.22. The second-order valence-electron chi connectivity index (χ2n) is 5.20. The van der Waals surface area contributed by atoms with Crippen molar-refractivity contribution in [2.75, 3.05) is 30.3 Å². The highest BCUT2D eigenvalue weighted by Gasteiger charge is 2.28. The number of rotatable bonds is 5. The van der Waals surface area contributed by atoms with Crippen LogP contribution in [0.4, 0.5) is 16.2 Å². The molecule has 0 unspecified atom stereocenters. The van der Waals surface area contributed by atoms with Crippen LogP contribution in [0, 0.1) is 0 Å². The smallest absolute Gasteiger partial charge is 0.319 e. The lowest BCUT2D eigenvalue weighted by Gasteiger charge is -2.29. The highest BCUT2D eigenvalue weighted by atomic mass is 35.5. The summed E-state index contributed by atoms with van der Waals surface area (Å²) in [5, 5.41) is 11.3. The first-order chi connectivity index (χ1) is 11.1. The number of ether oxygens (including phenoxy) is 1. The van der Waals surface area contributed by atoms with E-state index in [1.54, 1.807) is 30.3 Å². The number of hydrogen-bond donors (Lipinski definition) is 4. The molecule has 0 aromatic heterocycles. The van der Waals surface area contributed by atoms with Gasteiger partial charge in [-0.15, -0.1) is 19.0 Å². The van der Waals surface area contributed by atoms with Gasteiger partial charge in [0.2, 0.25) is 5.91 Å². The van der Waals surface area contributed by atoms with Crippen molar-refractivity contribution in [3.63, 3.8) is 0 Å². The Morgan fingerprint density at radius 2 is 1.92 bits per heavy atom. The van der Waals surface area contributed by atoms with Crippen LogP contribution in [0.2, 0.25) is 0 Å². The summed E-state index contributed by atoms with van der Waals surface area (Å²) in [6.07, 6.45) is 1.43. The van der Waals surface area contributed by atoms with Crippen LogP contribution in [0.5, 0.6) is 0 Å². The maximum absolute atomic E-state index is 12.2. The van der Waals surface area contributed by atoms with Crippen LogP contribution in [-0.4, -0.2) is 43.8 Å². The van der Waals surface area contributed by atoms with Gasteiger partial charge in [-0.05, 0) is 31.2 Å². The van der Waals surface area contributed by atoms with E-state index in [4.69, 9.17) is 4.74 Å². The summed E-state index contributed by atoms with van der Waals surface area (Å²) < 4.78 is 5.46. The number of halogens is 1. The van der Waals surface area contributed by atoms with E-state index in [2.05, 4.69) is 27.8 Å². The van der Waals surface area contributed by atoms with Crippen LogP contribution >= 0.6 is 12.4 Å². The Hall–Kier alpha value is -2.09.